The number of carbonyl (C=O) groups excluding carboxylic acids is 1. The van der Waals surface area contributed by atoms with E-state index in [-0.39, 0.29) is 5.88 Å². The smallest absolute Gasteiger partial charge is 0.347 e. The van der Waals surface area contributed by atoms with Gasteiger partial charge in [0.1, 0.15) is 17.0 Å². The van der Waals surface area contributed by atoms with Gasteiger partial charge in [0.25, 0.3) is 5.88 Å². The molecule has 0 amide bonds. The van der Waals surface area contributed by atoms with E-state index in [1.165, 1.54) is 12.3 Å². The number of benzene rings is 2. The molecule has 0 radical (unpaired) electrons. The van der Waals surface area contributed by atoms with Crippen LogP contribution in [0, 0.1) is 5.21 Å². The van der Waals surface area contributed by atoms with Crippen LogP contribution < -0.4 is 14.2 Å². The van der Waals surface area contributed by atoms with Gasteiger partial charge in [0.2, 0.25) is 11.7 Å². The molecule has 3 aromatic rings. The van der Waals surface area contributed by atoms with Crippen molar-refractivity contribution in [3.63, 3.8) is 0 Å². The molecule has 8 heteroatoms. The number of nitrogens with zero attached hydrogens (tertiary/aromatic N) is 2. The molecule has 0 saturated heterocycles. The molecule has 0 aliphatic carbocycles. The number of carbonyl (C=O) groups is 1. The molecule has 7 nitrogen and oxygen atoms in total. The van der Waals surface area contributed by atoms with E-state index in [2.05, 4.69) is 4.98 Å². The predicted octanol–water partition coefficient (Wildman–Crippen LogP) is 3.64. The Hall–Kier alpha value is -3.06. The Labute approximate surface area is 160 Å². The standard InChI is InChI=1S/C19H17ClN2O5/c1-3-25-19(23)12(2)26-14-5-7-15(8-6-14)27-18-11-22(24)17-10-13(20)4-9-16(17)21-18/h4-12H,3H2,1-2H3. The zero-order chi connectivity index (χ0) is 19.4. The number of fused-ring (bicyclic) bond motifs is 1. The minimum Gasteiger partial charge on any atom is -0.618 e. The van der Waals surface area contributed by atoms with Gasteiger partial charge in [-0.25, -0.2) is 9.78 Å². The minimum absolute atomic E-state index is 0.147. The van der Waals surface area contributed by atoms with E-state index in [0.29, 0.717) is 38.9 Å². The van der Waals surface area contributed by atoms with Gasteiger partial charge in [-0.15, -0.1) is 0 Å². The monoisotopic (exact) mass is 388 g/mol. The van der Waals surface area contributed by atoms with Crippen molar-refractivity contribution in [2.24, 2.45) is 0 Å². The topological polar surface area (TPSA) is 84.6 Å². The largest absolute Gasteiger partial charge is 0.618 e. The molecule has 0 bridgehead atoms. The fraction of sp³-hybridized carbons (Fsp3) is 0.211. The zero-order valence-electron chi connectivity index (χ0n) is 14.7. The van der Waals surface area contributed by atoms with Crippen LogP contribution >= 0.6 is 11.6 Å². The first-order valence-electron chi connectivity index (χ1n) is 8.27. The summed E-state index contributed by atoms with van der Waals surface area (Å²) < 4.78 is 16.7. The highest BCUT2D eigenvalue weighted by Gasteiger charge is 2.16. The summed E-state index contributed by atoms with van der Waals surface area (Å²) in [7, 11) is 0. The Balaban J connectivity index is 1.72. The molecule has 27 heavy (non-hydrogen) atoms. The van der Waals surface area contributed by atoms with Gasteiger partial charge in [0.15, 0.2) is 6.10 Å². The molecule has 0 fully saturated rings. The summed E-state index contributed by atoms with van der Waals surface area (Å²) in [5.74, 6) is 0.668. The highest BCUT2D eigenvalue weighted by atomic mass is 35.5. The lowest BCUT2D eigenvalue weighted by atomic mass is 10.3. The maximum absolute atomic E-state index is 12.1. The molecule has 0 aliphatic heterocycles. The maximum atomic E-state index is 12.1. The van der Waals surface area contributed by atoms with E-state index >= 15 is 0 Å². The van der Waals surface area contributed by atoms with E-state index in [9.17, 15) is 10.0 Å². The van der Waals surface area contributed by atoms with Crippen molar-refractivity contribution in [2.45, 2.75) is 20.0 Å². The van der Waals surface area contributed by atoms with Gasteiger partial charge in [-0.05, 0) is 50.2 Å². The van der Waals surface area contributed by atoms with E-state index in [1.807, 2.05) is 0 Å². The van der Waals surface area contributed by atoms with Gasteiger partial charge < -0.3 is 19.4 Å². The second-order valence-electron chi connectivity index (χ2n) is 5.62. The fourth-order valence-corrected chi connectivity index (χ4v) is 2.52. The number of hydrogen-bond acceptors (Lipinski definition) is 6. The molecule has 1 atom stereocenters. The Kier molecular flexibility index (Phi) is 5.61. The first-order chi connectivity index (χ1) is 13.0. The third kappa shape index (κ3) is 4.57. The molecular formula is C19H17ClN2O5. The lowest BCUT2D eigenvalue weighted by Crippen LogP contribution is -2.27. The quantitative estimate of drug-likeness (QED) is 0.364. The third-order valence-corrected chi connectivity index (χ3v) is 3.85. The van der Waals surface area contributed by atoms with Crippen LogP contribution in [0.2, 0.25) is 5.02 Å². The molecule has 0 saturated carbocycles. The Morgan fingerprint density at radius 3 is 2.63 bits per heavy atom. The molecule has 0 spiro atoms. The van der Waals surface area contributed by atoms with Gasteiger partial charge in [-0.3, -0.25) is 0 Å². The van der Waals surface area contributed by atoms with Crippen LogP contribution in [-0.2, 0) is 9.53 Å². The first-order valence-corrected chi connectivity index (χ1v) is 8.64. The van der Waals surface area contributed by atoms with E-state index in [4.69, 9.17) is 25.8 Å². The number of halogens is 1. The minimum atomic E-state index is -0.717. The third-order valence-electron chi connectivity index (χ3n) is 3.61. The highest BCUT2D eigenvalue weighted by Crippen LogP contribution is 2.24. The van der Waals surface area contributed by atoms with Crippen LogP contribution in [0.4, 0.5) is 0 Å². The number of aromatic nitrogens is 2. The molecule has 1 heterocycles. The van der Waals surface area contributed by atoms with Crippen LogP contribution in [-0.4, -0.2) is 23.7 Å². The Morgan fingerprint density at radius 2 is 1.93 bits per heavy atom. The van der Waals surface area contributed by atoms with Gasteiger partial charge in [-0.2, -0.15) is 4.73 Å². The summed E-state index contributed by atoms with van der Waals surface area (Å²) >= 11 is 5.90. The predicted molar refractivity (Wildman–Crippen MR) is 99.0 cm³/mol. The summed E-state index contributed by atoms with van der Waals surface area (Å²) in [4.78, 5) is 15.9. The van der Waals surface area contributed by atoms with Crippen molar-refractivity contribution in [2.75, 3.05) is 6.61 Å². The van der Waals surface area contributed by atoms with Crippen molar-refractivity contribution in [3.8, 4) is 17.4 Å². The SMILES string of the molecule is CCOC(=O)C(C)Oc1ccc(Oc2c[n+]([O-])c3cc(Cl)ccc3n2)cc1. The lowest BCUT2D eigenvalue weighted by Gasteiger charge is -2.13. The second kappa shape index (κ2) is 8.09. The second-order valence-corrected chi connectivity index (χ2v) is 6.06. The summed E-state index contributed by atoms with van der Waals surface area (Å²) in [6.45, 7) is 3.64. The van der Waals surface area contributed by atoms with Gasteiger partial charge in [-0.1, -0.05) is 11.6 Å². The highest BCUT2D eigenvalue weighted by molar-refractivity contribution is 6.31. The molecule has 1 aromatic heterocycles. The summed E-state index contributed by atoms with van der Waals surface area (Å²) in [6.07, 6.45) is 0.511. The lowest BCUT2D eigenvalue weighted by molar-refractivity contribution is -0.577. The van der Waals surface area contributed by atoms with E-state index in [1.54, 1.807) is 50.2 Å². The van der Waals surface area contributed by atoms with Crippen molar-refractivity contribution < 1.29 is 23.7 Å². The molecule has 3 rings (SSSR count). The number of ether oxygens (including phenoxy) is 3. The van der Waals surface area contributed by atoms with Crippen molar-refractivity contribution >= 4 is 28.6 Å². The normalized spacial score (nSPS) is 11.8. The van der Waals surface area contributed by atoms with Crippen LogP contribution in [0.25, 0.3) is 11.0 Å². The van der Waals surface area contributed by atoms with E-state index < -0.39 is 12.1 Å². The van der Waals surface area contributed by atoms with Crippen LogP contribution in [0.15, 0.2) is 48.7 Å². The Bertz CT molecular complexity index is 962. The van der Waals surface area contributed by atoms with Crippen molar-refractivity contribution in [1.29, 1.82) is 0 Å². The number of hydrogen-bond donors (Lipinski definition) is 0. The van der Waals surface area contributed by atoms with E-state index in [0.717, 1.165) is 0 Å². The van der Waals surface area contributed by atoms with Gasteiger partial charge in [0, 0.05) is 11.1 Å². The summed E-state index contributed by atoms with van der Waals surface area (Å²) in [6, 6.07) is 11.4. The number of rotatable bonds is 6. The van der Waals surface area contributed by atoms with Crippen LogP contribution in [0.5, 0.6) is 17.4 Å². The Morgan fingerprint density at radius 1 is 1.22 bits per heavy atom. The first kappa shape index (κ1) is 18.7. The summed E-state index contributed by atoms with van der Waals surface area (Å²) in [5, 5.41) is 12.6. The molecule has 0 N–H and O–H groups in total. The number of esters is 1. The fourth-order valence-electron chi connectivity index (χ4n) is 2.35. The van der Waals surface area contributed by atoms with Gasteiger partial charge >= 0.3 is 5.97 Å². The molecule has 0 aliphatic rings. The van der Waals surface area contributed by atoms with Crippen LogP contribution in [0.3, 0.4) is 0 Å². The maximum Gasteiger partial charge on any atom is 0.347 e. The van der Waals surface area contributed by atoms with Crippen molar-refractivity contribution in [1.82, 2.24) is 4.98 Å². The van der Waals surface area contributed by atoms with Crippen molar-refractivity contribution in [3.05, 3.63) is 58.9 Å². The average Bonchev–Trinajstić information content (AvgIpc) is 2.64. The molecule has 140 valence electrons. The van der Waals surface area contributed by atoms with Crippen LogP contribution in [0.1, 0.15) is 13.8 Å². The molecule has 1 unspecified atom stereocenters. The summed E-state index contributed by atoms with van der Waals surface area (Å²) in [5.41, 5.74) is 0.821. The molecular weight excluding hydrogens is 372 g/mol. The zero-order valence-corrected chi connectivity index (χ0v) is 15.5. The molecule has 2 aromatic carbocycles. The van der Waals surface area contributed by atoms with Gasteiger partial charge in [0.05, 0.1) is 6.61 Å². The average molecular weight is 389 g/mol.